The molecule has 3 aromatic rings. The number of nitrogens with one attached hydrogen (secondary N) is 2. The normalized spacial score (nSPS) is 11.6. The maximum absolute atomic E-state index is 12.8. The van der Waals surface area contributed by atoms with E-state index in [0.717, 1.165) is 17.4 Å². The summed E-state index contributed by atoms with van der Waals surface area (Å²) in [4.78, 5) is 12.6. The number of hydrogen-bond donors (Lipinski definition) is 2. The highest BCUT2D eigenvalue weighted by atomic mass is 32.2. The maximum Gasteiger partial charge on any atom is 0.261 e. The minimum absolute atomic E-state index is 0.0659. The first-order valence-corrected chi connectivity index (χ1v) is 13.8. The lowest BCUT2D eigenvalue weighted by Crippen LogP contribution is -2.29. The molecule has 0 fully saturated rings. The second-order valence-electron chi connectivity index (χ2n) is 7.88. The summed E-state index contributed by atoms with van der Waals surface area (Å²) in [7, 11) is -7.21. The number of benzene rings is 3. The molecule has 0 saturated heterocycles. The Balaban J connectivity index is 1.71. The van der Waals surface area contributed by atoms with Gasteiger partial charge in [-0.15, -0.1) is 0 Å². The van der Waals surface area contributed by atoms with Crippen LogP contribution in [0.3, 0.4) is 0 Å². The topological polar surface area (TPSA) is 113 Å². The summed E-state index contributed by atoms with van der Waals surface area (Å²) in [6.07, 6.45) is 1.12. The average molecular weight is 502 g/mol. The monoisotopic (exact) mass is 501 g/mol. The van der Waals surface area contributed by atoms with E-state index in [4.69, 9.17) is 0 Å². The molecule has 2 N–H and O–H groups in total. The fourth-order valence-corrected chi connectivity index (χ4v) is 5.45. The van der Waals surface area contributed by atoms with E-state index >= 15 is 0 Å². The van der Waals surface area contributed by atoms with E-state index in [-0.39, 0.29) is 11.4 Å². The minimum Gasteiger partial charge on any atom is -0.322 e. The minimum atomic E-state index is -3.79. The van der Waals surface area contributed by atoms with Crippen LogP contribution in [0.5, 0.6) is 0 Å². The molecule has 0 unspecified atom stereocenters. The summed E-state index contributed by atoms with van der Waals surface area (Å²) in [6.45, 7) is 5.71. The summed E-state index contributed by atoms with van der Waals surface area (Å²) in [5.74, 6) is -0.405. The van der Waals surface area contributed by atoms with Gasteiger partial charge in [0.1, 0.15) is 0 Å². The lowest BCUT2D eigenvalue weighted by Gasteiger charge is -2.20. The number of sulfonamides is 2. The standard InChI is InChI=1S/C24H27N3O5S2/c1-5-27(33(4,29)30)21-12-8-19(9-13-21)24(28)25-20-10-14-22(15-11-20)34(31,32)26-23-16-17(2)6-7-18(23)3/h6-16,26H,5H2,1-4H3,(H,25,28). The van der Waals surface area contributed by atoms with Gasteiger partial charge in [-0.2, -0.15) is 0 Å². The number of carbonyl (C=O) groups excluding carboxylic acids is 1. The molecule has 8 nitrogen and oxygen atoms in total. The van der Waals surface area contributed by atoms with E-state index in [1.807, 2.05) is 26.0 Å². The highest BCUT2D eigenvalue weighted by molar-refractivity contribution is 7.92. The first-order valence-electron chi connectivity index (χ1n) is 10.5. The zero-order chi connectivity index (χ0) is 25.1. The molecule has 0 aliphatic heterocycles. The van der Waals surface area contributed by atoms with Crippen molar-refractivity contribution in [2.24, 2.45) is 0 Å². The number of hydrogen-bond acceptors (Lipinski definition) is 5. The molecular weight excluding hydrogens is 474 g/mol. The van der Waals surface area contributed by atoms with Crippen molar-refractivity contribution in [2.45, 2.75) is 25.7 Å². The Morgan fingerprint density at radius 2 is 1.50 bits per heavy atom. The molecule has 0 aliphatic carbocycles. The number of carbonyl (C=O) groups is 1. The molecule has 0 heterocycles. The molecule has 180 valence electrons. The summed E-state index contributed by atoms with van der Waals surface area (Å²) < 4.78 is 53.1. The second kappa shape index (κ2) is 9.86. The van der Waals surface area contributed by atoms with Gasteiger partial charge in [0.05, 0.1) is 22.5 Å². The van der Waals surface area contributed by atoms with Crippen molar-refractivity contribution in [3.8, 4) is 0 Å². The van der Waals surface area contributed by atoms with E-state index < -0.39 is 26.0 Å². The van der Waals surface area contributed by atoms with E-state index in [0.29, 0.717) is 22.6 Å². The van der Waals surface area contributed by atoms with Crippen LogP contribution in [0.15, 0.2) is 71.6 Å². The van der Waals surface area contributed by atoms with Gasteiger partial charge in [0, 0.05) is 17.8 Å². The largest absolute Gasteiger partial charge is 0.322 e. The number of anilines is 3. The van der Waals surface area contributed by atoms with E-state index in [1.165, 1.54) is 40.7 Å². The van der Waals surface area contributed by atoms with Crippen LogP contribution >= 0.6 is 0 Å². The third-order valence-corrected chi connectivity index (χ3v) is 7.82. The average Bonchev–Trinajstić information content (AvgIpc) is 2.76. The van der Waals surface area contributed by atoms with Crippen molar-refractivity contribution in [2.75, 3.05) is 27.1 Å². The van der Waals surface area contributed by atoms with Crippen LogP contribution in [-0.4, -0.2) is 35.5 Å². The van der Waals surface area contributed by atoms with Crippen LogP contribution in [-0.2, 0) is 20.0 Å². The zero-order valence-electron chi connectivity index (χ0n) is 19.4. The van der Waals surface area contributed by atoms with Crippen molar-refractivity contribution < 1.29 is 21.6 Å². The molecule has 0 atom stereocenters. The third kappa shape index (κ3) is 5.95. The fraction of sp³-hybridized carbons (Fsp3) is 0.208. The molecule has 3 aromatic carbocycles. The van der Waals surface area contributed by atoms with Crippen molar-refractivity contribution in [3.63, 3.8) is 0 Å². The second-order valence-corrected chi connectivity index (χ2v) is 11.5. The summed E-state index contributed by atoms with van der Waals surface area (Å²) in [5.41, 5.74) is 3.48. The maximum atomic E-state index is 12.8. The van der Waals surface area contributed by atoms with E-state index in [2.05, 4.69) is 10.0 Å². The van der Waals surface area contributed by atoms with Gasteiger partial charge < -0.3 is 5.32 Å². The third-order valence-electron chi connectivity index (χ3n) is 5.16. The Morgan fingerprint density at radius 3 is 2.06 bits per heavy atom. The van der Waals surface area contributed by atoms with Crippen LogP contribution in [0.4, 0.5) is 17.1 Å². The Hall–Kier alpha value is -3.37. The number of nitrogens with zero attached hydrogens (tertiary/aromatic N) is 1. The van der Waals surface area contributed by atoms with Gasteiger partial charge in [-0.3, -0.25) is 13.8 Å². The molecule has 0 bridgehead atoms. The molecule has 0 radical (unpaired) electrons. The Morgan fingerprint density at radius 1 is 0.882 bits per heavy atom. The first kappa shape index (κ1) is 25.3. The predicted octanol–water partition coefficient (Wildman–Crippen LogP) is 4.14. The molecule has 10 heteroatoms. The van der Waals surface area contributed by atoms with Crippen LogP contribution in [0.2, 0.25) is 0 Å². The Kier molecular flexibility index (Phi) is 7.32. The Bertz CT molecular complexity index is 1400. The van der Waals surface area contributed by atoms with E-state index in [1.54, 1.807) is 25.1 Å². The number of aryl methyl sites for hydroxylation is 2. The smallest absolute Gasteiger partial charge is 0.261 e. The molecule has 3 rings (SSSR count). The van der Waals surface area contributed by atoms with Gasteiger partial charge in [-0.1, -0.05) is 12.1 Å². The highest BCUT2D eigenvalue weighted by Crippen LogP contribution is 2.23. The van der Waals surface area contributed by atoms with Crippen LogP contribution in [0.25, 0.3) is 0 Å². The van der Waals surface area contributed by atoms with Gasteiger partial charge >= 0.3 is 0 Å². The predicted molar refractivity (Wildman–Crippen MR) is 135 cm³/mol. The highest BCUT2D eigenvalue weighted by Gasteiger charge is 2.17. The molecule has 0 aromatic heterocycles. The number of rotatable bonds is 8. The molecule has 1 amide bonds. The van der Waals surface area contributed by atoms with Gasteiger partial charge in [0.25, 0.3) is 15.9 Å². The van der Waals surface area contributed by atoms with Crippen LogP contribution < -0.4 is 14.3 Å². The van der Waals surface area contributed by atoms with Crippen molar-refractivity contribution >= 4 is 43.0 Å². The summed E-state index contributed by atoms with van der Waals surface area (Å²) in [5, 5.41) is 2.71. The van der Waals surface area contributed by atoms with Crippen molar-refractivity contribution in [3.05, 3.63) is 83.4 Å². The van der Waals surface area contributed by atoms with Crippen LogP contribution in [0, 0.1) is 13.8 Å². The Labute approximate surface area is 200 Å². The summed E-state index contributed by atoms with van der Waals surface area (Å²) >= 11 is 0. The quantitative estimate of drug-likeness (QED) is 0.482. The van der Waals surface area contributed by atoms with Crippen LogP contribution in [0.1, 0.15) is 28.4 Å². The van der Waals surface area contributed by atoms with Gasteiger partial charge in [-0.25, -0.2) is 16.8 Å². The van der Waals surface area contributed by atoms with Crippen molar-refractivity contribution in [1.29, 1.82) is 0 Å². The summed E-state index contributed by atoms with van der Waals surface area (Å²) in [6, 6.07) is 17.6. The van der Waals surface area contributed by atoms with Gasteiger partial charge in [-0.05, 0) is 86.5 Å². The zero-order valence-corrected chi connectivity index (χ0v) is 21.0. The molecular formula is C24H27N3O5S2. The SMILES string of the molecule is CCN(c1ccc(C(=O)Nc2ccc(S(=O)(=O)Nc3cc(C)ccc3C)cc2)cc1)S(C)(=O)=O. The lowest BCUT2D eigenvalue weighted by molar-refractivity contribution is 0.102. The molecule has 34 heavy (non-hydrogen) atoms. The molecule has 0 aliphatic rings. The fourth-order valence-electron chi connectivity index (χ4n) is 3.36. The molecule has 0 spiro atoms. The van der Waals surface area contributed by atoms with E-state index in [9.17, 15) is 21.6 Å². The molecule has 0 saturated carbocycles. The van der Waals surface area contributed by atoms with Gasteiger partial charge in [0.2, 0.25) is 10.0 Å². The first-order chi connectivity index (χ1) is 15.9. The van der Waals surface area contributed by atoms with Crippen molar-refractivity contribution in [1.82, 2.24) is 0 Å². The number of amides is 1. The van der Waals surface area contributed by atoms with Gasteiger partial charge in [0.15, 0.2) is 0 Å². The lowest BCUT2D eigenvalue weighted by atomic mass is 10.1.